The van der Waals surface area contributed by atoms with Crippen LogP contribution in [-0.2, 0) is 19.4 Å². The van der Waals surface area contributed by atoms with Crippen molar-refractivity contribution < 1.29 is 17.9 Å². The summed E-state index contributed by atoms with van der Waals surface area (Å²) in [7, 11) is -1.44. The average molecular weight is 274 g/mol. The zero-order valence-corrected chi connectivity index (χ0v) is 12.0. The summed E-state index contributed by atoms with van der Waals surface area (Å²) in [6.07, 6.45) is 6.72. The highest BCUT2D eigenvalue weighted by Crippen LogP contribution is 2.41. The van der Waals surface area contributed by atoms with Crippen LogP contribution in [0.25, 0.3) is 0 Å². The van der Waals surface area contributed by atoms with Crippen LogP contribution in [0.5, 0.6) is 0 Å². The Hall–Kier alpha value is -0.420. The topological polar surface area (TPSA) is 60.4 Å². The predicted molar refractivity (Wildman–Crippen MR) is 69.2 cm³/mol. The lowest BCUT2D eigenvalue weighted by Crippen LogP contribution is -2.51. The van der Waals surface area contributed by atoms with Gasteiger partial charge in [-0.05, 0) is 38.5 Å². The van der Waals surface area contributed by atoms with E-state index < -0.39 is 15.4 Å². The number of ketones is 1. The molecule has 2 atom stereocenters. The normalized spacial score (nSPS) is 31.7. The molecule has 2 aliphatic carbocycles. The molecule has 18 heavy (non-hydrogen) atoms. The van der Waals surface area contributed by atoms with Gasteiger partial charge in [0.1, 0.15) is 15.4 Å². The van der Waals surface area contributed by atoms with Crippen LogP contribution in [-0.4, -0.2) is 38.4 Å². The summed E-state index contributed by atoms with van der Waals surface area (Å²) in [6, 6.07) is 0. The zero-order valence-electron chi connectivity index (χ0n) is 11.1. The second kappa shape index (κ2) is 4.93. The first kappa shape index (κ1) is 14.0. The smallest absolute Gasteiger partial charge is 0.167 e. The van der Waals surface area contributed by atoms with Gasteiger partial charge < -0.3 is 4.74 Å². The Bertz CT molecular complexity index is 417. The third kappa shape index (κ3) is 2.48. The van der Waals surface area contributed by atoms with Gasteiger partial charge >= 0.3 is 0 Å². The van der Waals surface area contributed by atoms with E-state index in [0.717, 1.165) is 32.1 Å². The van der Waals surface area contributed by atoms with Crippen molar-refractivity contribution >= 4 is 15.6 Å². The fraction of sp³-hybridized carbons (Fsp3) is 0.923. The van der Waals surface area contributed by atoms with Gasteiger partial charge in [-0.25, -0.2) is 8.42 Å². The molecular formula is C13H22O4S. The Morgan fingerprint density at radius 2 is 1.89 bits per heavy atom. The molecule has 0 aromatic heterocycles. The molecule has 0 radical (unpaired) electrons. The number of carbonyl (C=O) groups is 1. The summed E-state index contributed by atoms with van der Waals surface area (Å²) in [5.74, 6) is 0.0170. The van der Waals surface area contributed by atoms with Crippen LogP contribution in [0.1, 0.15) is 44.9 Å². The van der Waals surface area contributed by atoms with E-state index in [0.29, 0.717) is 12.8 Å². The van der Waals surface area contributed by atoms with E-state index in [1.54, 1.807) is 7.11 Å². The third-order valence-corrected chi connectivity index (χ3v) is 6.24. The minimum atomic E-state index is -3.03. The van der Waals surface area contributed by atoms with Crippen LogP contribution < -0.4 is 0 Å². The van der Waals surface area contributed by atoms with Crippen molar-refractivity contribution in [2.24, 2.45) is 5.92 Å². The maximum Gasteiger partial charge on any atom is 0.167 e. The van der Waals surface area contributed by atoms with Crippen LogP contribution in [0.3, 0.4) is 0 Å². The van der Waals surface area contributed by atoms with Crippen molar-refractivity contribution in [2.75, 3.05) is 13.4 Å². The Labute approximate surface area is 109 Å². The summed E-state index contributed by atoms with van der Waals surface area (Å²) >= 11 is 0. The standard InChI is InChI=1S/C13H22O4S/c1-17-13(7-4-8-13)12(14)10-5-3-6-11(9-10)18(2,15)16/h10-11H,3-9H2,1-2H3. The first-order valence-electron chi connectivity index (χ1n) is 6.67. The summed E-state index contributed by atoms with van der Waals surface area (Å²) in [5.41, 5.74) is -0.593. The molecule has 0 aromatic carbocycles. The van der Waals surface area contributed by atoms with E-state index in [2.05, 4.69) is 0 Å². The van der Waals surface area contributed by atoms with Crippen molar-refractivity contribution in [3.8, 4) is 0 Å². The molecule has 5 heteroatoms. The maximum absolute atomic E-state index is 12.5. The van der Waals surface area contributed by atoms with Gasteiger partial charge in [0.15, 0.2) is 5.78 Å². The number of hydrogen-bond acceptors (Lipinski definition) is 4. The molecule has 2 unspecified atom stereocenters. The van der Waals surface area contributed by atoms with Gasteiger partial charge in [-0.2, -0.15) is 0 Å². The summed E-state index contributed by atoms with van der Waals surface area (Å²) in [4.78, 5) is 12.5. The van der Waals surface area contributed by atoms with Gasteiger partial charge in [-0.1, -0.05) is 6.42 Å². The fourth-order valence-electron chi connectivity index (χ4n) is 3.19. The monoisotopic (exact) mass is 274 g/mol. The molecule has 0 spiro atoms. The minimum Gasteiger partial charge on any atom is -0.370 e. The van der Waals surface area contributed by atoms with E-state index in [1.807, 2.05) is 0 Å². The highest BCUT2D eigenvalue weighted by atomic mass is 32.2. The number of sulfone groups is 1. The third-order valence-electron chi connectivity index (χ3n) is 4.60. The lowest BCUT2D eigenvalue weighted by molar-refractivity contribution is -0.157. The Morgan fingerprint density at radius 1 is 1.22 bits per heavy atom. The zero-order chi connectivity index (χ0) is 13.4. The van der Waals surface area contributed by atoms with Gasteiger partial charge in [0, 0.05) is 19.3 Å². The van der Waals surface area contributed by atoms with E-state index in [9.17, 15) is 13.2 Å². The molecule has 104 valence electrons. The molecule has 2 saturated carbocycles. The van der Waals surface area contributed by atoms with Crippen LogP contribution in [0.2, 0.25) is 0 Å². The van der Waals surface area contributed by atoms with Crippen LogP contribution in [0, 0.1) is 5.92 Å². The number of ether oxygens (including phenoxy) is 1. The fourth-order valence-corrected chi connectivity index (χ4v) is 4.37. The average Bonchev–Trinajstić information content (AvgIpc) is 2.27. The lowest BCUT2D eigenvalue weighted by Gasteiger charge is -2.42. The van der Waals surface area contributed by atoms with E-state index >= 15 is 0 Å². The molecule has 2 fully saturated rings. The van der Waals surface area contributed by atoms with Crippen molar-refractivity contribution in [2.45, 2.75) is 55.8 Å². The first-order chi connectivity index (χ1) is 8.39. The van der Waals surface area contributed by atoms with Crippen molar-refractivity contribution in [1.82, 2.24) is 0 Å². The van der Waals surface area contributed by atoms with Gasteiger partial charge in [0.25, 0.3) is 0 Å². The summed E-state index contributed by atoms with van der Waals surface area (Å²) in [6.45, 7) is 0. The van der Waals surface area contributed by atoms with Gasteiger partial charge in [0.2, 0.25) is 0 Å². The molecule has 2 rings (SSSR count). The lowest BCUT2D eigenvalue weighted by atomic mass is 9.70. The summed E-state index contributed by atoms with van der Waals surface area (Å²) < 4.78 is 28.6. The van der Waals surface area contributed by atoms with Crippen molar-refractivity contribution in [1.29, 1.82) is 0 Å². The van der Waals surface area contributed by atoms with Crippen LogP contribution in [0.4, 0.5) is 0 Å². The largest absolute Gasteiger partial charge is 0.370 e. The highest BCUT2D eigenvalue weighted by Gasteiger charge is 2.48. The Balaban J connectivity index is 2.07. The number of Topliss-reactive ketones (excluding diaryl/α,β-unsaturated/α-hetero) is 1. The second-order valence-electron chi connectivity index (χ2n) is 5.73. The molecule has 0 heterocycles. The molecule has 0 N–H and O–H groups in total. The molecule has 0 amide bonds. The molecule has 4 nitrogen and oxygen atoms in total. The van der Waals surface area contributed by atoms with Crippen LogP contribution in [0.15, 0.2) is 0 Å². The van der Waals surface area contributed by atoms with Gasteiger partial charge in [-0.15, -0.1) is 0 Å². The maximum atomic E-state index is 12.5. The first-order valence-corrected chi connectivity index (χ1v) is 8.63. The van der Waals surface area contributed by atoms with E-state index in [-0.39, 0.29) is 17.0 Å². The molecule has 0 aliphatic heterocycles. The van der Waals surface area contributed by atoms with Gasteiger partial charge in [0.05, 0.1) is 5.25 Å². The quantitative estimate of drug-likeness (QED) is 0.783. The Kier molecular flexibility index (Phi) is 3.83. The molecule has 0 saturated heterocycles. The second-order valence-corrected chi connectivity index (χ2v) is 8.06. The predicted octanol–water partition coefficient (Wildman–Crippen LogP) is 1.73. The number of carbonyl (C=O) groups excluding carboxylic acids is 1. The van der Waals surface area contributed by atoms with Gasteiger partial charge in [-0.3, -0.25) is 4.79 Å². The molecule has 0 bridgehead atoms. The minimum absolute atomic E-state index is 0.126. The number of hydrogen-bond donors (Lipinski definition) is 0. The number of methoxy groups -OCH3 is 1. The SMILES string of the molecule is COC1(C(=O)C2CCCC(S(C)(=O)=O)C2)CCC1. The van der Waals surface area contributed by atoms with Crippen molar-refractivity contribution in [3.05, 3.63) is 0 Å². The highest BCUT2D eigenvalue weighted by molar-refractivity contribution is 7.91. The van der Waals surface area contributed by atoms with E-state index in [1.165, 1.54) is 6.26 Å². The molecule has 0 aromatic rings. The van der Waals surface area contributed by atoms with Crippen LogP contribution >= 0.6 is 0 Å². The molecular weight excluding hydrogens is 252 g/mol. The Morgan fingerprint density at radius 3 is 2.33 bits per heavy atom. The number of rotatable bonds is 4. The molecule has 2 aliphatic rings. The van der Waals surface area contributed by atoms with Crippen molar-refractivity contribution in [3.63, 3.8) is 0 Å². The summed E-state index contributed by atoms with van der Waals surface area (Å²) in [5, 5.41) is -0.339. The van der Waals surface area contributed by atoms with E-state index in [4.69, 9.17) is 4.74 Å².